The fraction of sp³-hybridized carbons (Fsp3) is 0.125. The van der Waals surface area contributed by atoms with Crippen molar-refractivity contribution in [3.8, 4) is 0 Å². The molecule has 0 unspecified atom stereocenters. The largest absolute Gasteiger partial charge is 0.362 e. The zero-order valence-corrected chi connectivity index (χ0v) is 8.01. The van der Waals surface area contributed by atoms with Crippen molar-refractivity contribution in [3.05, 3.63) is 38.9 Å². The van der Waals surface area contributed by atoms with Crippen molar-refractivity contribution in [2.24, 2.45) is 0 Å². The minimum Gasteiger partial charge on any atom is -0.362 e. The van der Waals surface area contributed by atoms with Crippen LogP contribution in [0.5, 0.6) is 0 Å². The van der Waals surface area contributed by atoms with E-state index in [-0.39, 0.29) is 10.6 Å². The first-order chi connectivity index (χ1) is 6.93. The van der Waals surface area contributed by atoms with E-state index in [0.29, 0.717) is 0 Å². The molecule has 0 heterocycles. The Labute approximate surface area is 88.9 Å². The van der Waals surface area contributed by atoms with E-state index >= 15 is 0 Å². The van der Waals surface area contributed by atoms with Crippen molar-refractivity contribution in [3.63, 3.8) is 0 Å². The molecule has 0 aliphatic heterocycles. The van der Waals surface area contributed by atoms with Crippen LogP contribution in [0.4, 0.5) is 5.69 Å². The molecule has 0 saturated heterocycles. The second kappa shape index (κ2) is 4.35. The van der Waals surface area contributed by atoms with Crippen LogP contribution in [0.15, 0.2) is 18.2 Å². The van der Waals surface area contributed by atoms with Gasteiger partial charge >= 0.3 is 0 Å². The number of hydrogen-bond donors (Lipinski definition) is 2. The number of aliphatic hydroxyl groups is 2. The molecule has 0 fully saturated rings. The first-order valence-corrected chi connectivity index (χ1v) is 4.15. The van der Waals surface area contributed by atoms with Gasteiger partial charge in [0.05, 0.1) is 4.92 Å². The molecule has 2 N–H and O–H groups in total. The number of nitro benzene ring substituents is 1. The minimum absolute atomic E-state index is 0.121. The molecule has 0 bridgehead atoms. The first-order valence-electron chi connectivity index (χ1n) is 3.77. The number of halogens is 1. The van der Waals surface area contributed by atoms with Crippen LogP contribution >= 0.6 is 11.6 Å². The number of carbonyl (C=O) groups excluding carboxylic acids is 1. The Morgan fingerprint density at radius 1 is 1.47 bits per heavy atom. The number of Topliss-reactive ketones (excluding diaryl/α,β-unsaturated/α-hetero) is 1. The van der Waals surface area contributed by atoms with E-state index in [1.807, 2.05) is 0 Å². The molecule has 0 saturated carbocycles. The molecule has 1 aromatic rings. The van der Waals surface area contributed by atoms with Crippen molar-refractivity contribution >= 4 is 23.1 Å². The number of ketones is 1. The van der Waals surface area contributed by atoms with Crippen LogP contribution in [0.25, 0.3) is 0 Å². The fourth-order valence-corrected chi connectivity index (χ4v) is 1.14. The van der Waals surface area contributed by atoms with Crippen LogP contribution in [-0.4, -0.2) is 27.2 Å². The third-order valence-electron chi connectivity index (χ3n) is 1.66. The van der Waals surface area contributed by atoms with Gasteiger partial charge in [-0.1, -0.05) is 11.6 Å². The van der Waals surface area contributed by atoms with Gasteiger partial charge in [-0.05, 0) is 12.1 Å². The average Bonchev–Trinajstić information content (AvgIpc) is 2.16. The normalized spacial score (nSPS) is 10.4. The highest BCUT2D eigenvalue weighted by atomic mass is 35.5. The van der Waals surface area contributed by atoms with Crippen LogP contribution in [0.2, 0.25) is 5.02 Å². The third-order valence-corrected chi connectivity index (χ3v) is 1.98. The van der Waals surface area contributed by atoms with Gasteiger partial charge in [0.2, 0.25) is 12.1 Å². The van der Waals surface area contributed by atoms with Crippen molar-refractivity contribution < 1.29 is 19.9 Å². The Hall–Kier alpha value is -1.50. The maximum absolute atomic E-state index is 11.1. The maximum atomic E-state index is 11.1. The molecule has 6 nitrogen and oxygen atoms in total. The summed E-state index contributed by atoms with van der Waals surface area (Å²) in [5, 5.41) is 27.5. The third kappa shape index (κ3) is 2.50. The van der Waals surface area contributed by atoms with E-state index in [1.54, 1.807) is 0 Å². The summed E-state index contributed by atoms with van der Waals surface area (Å²) < 4.78 is 0. The number of hydrogen-bond acceptors (Lipinski definition) is 5. The number of carbonyl (C=O) groups is 1. The summed E-state index contributed by atoms with van der Waals surface area (Å²) in [6, 6.07) is 3.22. The molecule has 1 rings (SSSR count). The number of nitro groups is 1. The Morgan fingerprint density at radius 2 is 2.07 bits per heavy atom. The molecule has 0 radical (unpaired) electrons. The van der Waals surface area contributed by atoms with Gasteiger partial charge in [-0.15, -0.1) is 0 Å². The minimum atomic E-state index is -2.19. The zero-order valence-electron chi connectivity index (χ0n) is 7.25. The summed E-state index contributed by atoms with van der Waals surface area (Å²) in [6.07, 6.45) is -2.19. The van der Waals surface area contributed by atoms with Crippen molar-refractivity contribution in [2.75, 3.05) is 0 Å². The predicted octanol–water partition coefficient (Wildman–Crippen LogP) is 0.742. The molecule has 7 heteroatoms. The topological polar surface area (TPSA) is 101 Å². The number of aliphatic hydroxyl groups excluding tert-OH is 1. The summed E-state index contributed by atoms with van der Waals surface area (Å²) in [4.78, 5) is 20.8. The molecular weight excluding hydrogens is 226 g/mol. The van der Waals surface area contributed by atoms with E-state index in [1.165, 1.54) is 6.07 Å². The molecular formula is C8H6ClNO5. The lowest BCUT2D eigenvalue weighted by Crippen LogP contribution is -2.19. The van der Waals surface area contributed by atoms with Crippen molar-refractivity contribution in [2.45, 2.75) is 6.29 Å². The second-order valence-electron chi connectivity index (χ2n) is 2.66. The van der Waals surface area contributed by atoms with Crippen LogP contribution in [0.3, 0.4) is 0 Å². The lowest BCUT2D eigenvalue weighted by molar-refractivity contribution is -0.384. The maximum Gasteiger partial charge on any atom is 0.288 e. The Bertz CT molecular complexity index is 417. The van der Waals surface area contributed by atoms with Gasteiger partial charge in [-0.2, -0.15) is 0 Å². The summed E-state index contributed by atoms with van der Waals surface area (Å²) in [5.41, 5.74) is -0.635. The lowest BCUT2D eigenvalue weighted by atomic mass is 10.1. The van der Waals surface area contributed by atoms with E-state index in [4.69, 9.17) is 21.8 Å². The molecule has 0 aliphatic carbocycles. The van der Waals surface area contributed by atoms with Crippen molar-refractivity contribution in [1.29, 1.82) is 0 Å². The van der Waals surface area contributed by atoms with Gasteiger partial charge in [-0.25, -0.2) is 0 Å². The van der Waals surface area contributed by atoms with Gasteiger partial charge in [-0.3, -0.25) is 14.9 Å². The quantitative estimate of drug-likeness (QED) is 0.346. The Morgan fingerprint density at radius 3 is 2.53 bits per heavy atom. The summed E-state index contributed by atoms with van der Waals surface area (Å²) in [7, 11) is 0. The van der Waals surface area contributed by atoms with Gasteiger partial charge in [0.25, 0.3) is 5.69 Å². The van der Waals surface area contributed by atoms with Crippen LogP contribution < -0.4 is 0 Å². The Kier molecular flexibility index (Phi) is 3.35. The van der Waals surface area contributed by atoms with Gasteiger partial charge in [0.15, 0.2) is 0 Å². The molecule has 80 valence electrons. The SMILES string of the molecule is O=C(c1ccc(Cl)c([N+](=O)[O-])c1)C(O)O. The molecule has 15 heavy (non-hydrogen) atoms. The standard InChI is InChI=1S/C8H6ClNO5/c9-5-2-1-4(7(11)8(12)13)3-6(5)10(14)15/h1-3,8,12-13H. The molecule has 0 aromatic heterocycles. The Balaban J connectivity index is 3.19. The highest BCUT2D eigenvalue weighted by Crippen LogP contribution is 2.25. The molecule has 0 aliphatic rings. The summed E-state index contributed by atoms with van der Waals surface area (Å²) >= 11 is 5.50. The fourth-order valence-electron chi connectivity index (χ4n) is 0.955. The van der Waals surface area contributed by atoms with Gasteiger partial charge in [0, 0.05) is 11.6 Å². The summed E-state index contributed by atoms with van der Waals surface area (Å²) in [6.45, 7) is 0. The monoisotopic (exact) mass is 231 g/mol. The van der Waals surface area contributed by atoms with E-state index < -0.39 is 22.7 Å². The predicted molar refractivity (Wildman–Crippen MR) is 50.7 cm³/mol. The second-order valence-corrected chi connectivity index (χ2v) is 3.07. The number of rotatable bonds is 3. The van der Waals surface area contributed by atoms with Crippen LogP contribution in [-0.2, 0) is 0 Å². The van der Waals surface area contributed by atoms with Gasteiger partial charge < -0.3 is 10.2 Å². The number of nitrogens with zero attached hydrogens (tertiary/aromatic N) is 1. The molecule has 0 amide bonds. The first kappa shape index (κ1) is 11.6. The molecule has 0 spiro atoms. The average molecular weight is 232 g/mol. The molecule has 1 aromatic carbocycles. The molecule has 0 atom stereocenters. The van der Waals surface area contributed by atoms with Crippen LogP contribution in [0, 0.1) is 10.1 Å². The number of benzene rings is 1. The lowest BCUT2D eigenvalue weighted by Gasteiger charge is -2.02. The highest BCUT2D eigenvalue weighted by molar-refractivity contribution is 6.32. The van der Waals surface area contributed by atoms with Crippen LogP contribution in [0.1, 0.15) is 10.4 Å². The van der Waals surface area contributed by atoms with E-state index in [9.17, 15) is 14.9 Å². The smallest absolute Gasteiger partial charge is 0.288 e. The van der Waals surface area contributed by atoms with E-state index in [2.05, 4.69) is 0 Å². The summed E-state index contributed by atoms with van der Waals surface area (Å²) in [5.74, 6) is -1.02. The highest BCUT2D eigenvalue weighted by Gasteiger charge is 2.19. The van der Waals surface area contributed by atoms with Gasteiger partial charge in [0.1, 0.15) is 5.02 Å². The van der Waals surface area contributed by atoms with E-state index in [0.717, 1.165) is 12.1 Å². The van der Waals surface area contributed by atoms with Crippen molar-refractivity contribution in [1.82, 2.24) is 0 Å². The zero-order chi connectivity index (χ0) is 11.6.